The van der Waals surface area contributed by atoms with Gasteiger partial charge >= 0.3 is 5.97 Å². The Labute approximate surface area is 154 Å². The first-order chi connectivity index (χ1) is 12.8. The van der Waals surface area contributed by atoms with Crippen molar-refractivity contribution in [2.45, 2.75) is 6.92 Å². The lowest BCUT2D eigenvalue weighted by molar-refractivity contribution is -0.384. The molecule has 0 saturated heterocycles. The van der Waals surface area contributed by atoms with Crippen molar-refractivity contribution < 1.29 is 24.0 Å². The molecule has 2 aromatic carbocycles. The van der Waals surface area contributed by atoms with E-state index >= 15 is 0 Å². The summed E-state index contributed by atoms with van der Waals surface area (Å²) in [5.41, 5.74) is 1.52. The minimum absolute atomic E-state index is 0.0530. The number of nitro benzene ring substituents is 1. The van der Waals surface area contributed by atoms with Gasteiger partial charge in [-0.15, -0.1) is 0 Å². The van der Waals surface area contributed by atoms with Crippen molar-refractivity contribution in [1.29, 1.82) is 0 Å². The Bertz CT molecular complexity index is 885. The zero-order valence-corrected chi connectivity index (χ0v) is 14.4. The smallest absolute Gasteiger partial charge is 0.331 e. The summed E-state index contributed by atoms with van der Waals surface area (Å²) in [4.78, 5) is 44.6. The third-order valence-corrected chi connectivity index (χ3v) is 3.44. The van der Waals surface area contributed by atoms with Gasteiger partial charge < -0.3 is 10.1 Å². The molecule has 1 amide bonds. The number of nitrogens with one attached hydrogen (secondary N) is 1. The fourth-order valence-electron chi connectivity index (χ4n) is 2.04. The number of Topliss-reactive ketones (excluding diaryl/α,β-unsaturated/α-hetero) is 1. The van der Waals surface area contributed by atoms with E-state index in [0.717, 1.165) is 6.08 Å². The fourth-order valence-corrected chi connectivity index (χ4v) is 2.04. The van der Waals surface area contributed by atoms with Crippen LogP contribution in [0.4, 0.5) is 11.4 Å². The van der Waals surface area contributed by atoms with E-state index in [2.05, 4.69) is 5.32 Å². The SMILES string of the molecule is CC(=O)c1ccc(NC(=O)COC(=O)/C=C/c2ccc([N+](=O)[O-])cc2)cc1. The third kappa shape index (κ3) is 6.20. The maximum atomic E-state index is 11.8. The molecule has 2 rings (SSSR count). The van der Waals surface area contributed by atoms with Gasteiger partial charge in [0.2, 0.25) is 0 Å². The van der Waals surface area contributed by atoms with Crippen LogP contribution in [0, 0.1) is 10.1 Å². The summed E-state index contributed by atoms with van der Waals surface area (Å²) in [6, 6.07) is 11.9. The van der Waals surface area contributed by atoms with E-state index in [4.69, 9.17) is 4.74 Å². The maximum Gasteiger partial charge on any atom is 0.331 e. The molecule has 27 heavy (non-hydrogen) atoms. The van der Waals surface area contributed by atoms with Gasteiger partial charge in [-0.2, -0.15) is 0 Å². The average molecular weight is 368 g/mol. The Morgan fingerprint density at radius 2 is 1.70 bits per heavy atom. The van der Waals surface area contributed by atoms with Crippen LogP contribution in [0.2, 0.25) is 0 Å². The van der Waals surface area contributed by atoms with Crippen molar-refractivity contribution in [2.24, 2.45) is 0 Å². The van der Waals surface area contributed by atoms with E-state index in [0.29, 0.717) is 16.8 Å². The molecule has 8 heteroatoms. The zero-order valence-electron chi connectivity index (χ0n) is 14.4. The number of rotatable bonds is 7. The molecule has 0 saturated carbocycles. The van der Waals surface area contributed by atoms with Gasteiger partial charge in [-0.05, 0) is 55.0 Å². The lowest BCUT2D eigenvalue weighted by Crippen LogP contribution is -2.20. The first-order valence-corrected chi connectivity index (χ1v) is 7.85. The fraction of sp³-hybridized carbons (Fsp3) is 0.105. The van der Waals surface area contributed by atoms with Gasteiger partial charge in [-0.25, -0.2) is 4.79 Å². The first-order valence-electron chi connectivity index (χ1n) is 7.85. The molecule has 8 nitrogen and oxygen atoms in total. The molecule has 0 aliphatic heterocycles. The molecule has 0 aliphatic rings. The Hall–Kier alpha value is -3.81. The number of nitrogens with zero attached hydrogens (tertiary/aromatic N) is 1. The molecule has 138 valence electrons. The van der Waals surface area contributed by atoms with E-state index in [9.17, 15) is 24.5 Å². The molecule has 0 aliphatic carbocycles. The summed E-state index contributed by atoms with van der Waals surface area (Å²) >= 11 is 0. The second-order valence-electron chi connectivity index (χ2n) is 5.47. The Kier molecular flexibility index (Phi) is 6.54. The highest BCUT2D eigenvalue weighted by Crippen LogP contribution is 2.13. The van der Waals surface area contributed by atoms with E-state index in [-0.39, 0.29) is 11.5 Å². The van der Waals surface area contributed by atoms with Crippen molar-refractivity contribution in [1.82, 2.24) is 0 Å². The number of nitro groups is 1. The number of ether oxygens (including phenoxy) is 1. The molecule has 0 heterocycles. The highest BCUT2D eigenvalue weighted by molar-refractivity contribution is 5.96. The van der Waals surface area contributed by atoms with Crippen LogP contribution in [0.3, 0.4) is 0 Å². The van der Waals surface area contributed by atoms with Crippen molar-refractivity contribution in [3.05, 3.63) is 75.8 Å². The van der Waals surface area contributed by atoms with Crippen LogP contribution < -0.4 is 5.32 Å². The van der Waals surface area contributed by atoms with Gasteiger partial charge in [0, 0.05) is 29.5 Å². The zero-order chi connectivity index (χ0) is 19.8. The summed E-state index contributed by atoms with van der Waals surface area (Å²) in [6.45, 7) is 0.967. The molecule has 0 atom stereocenters. The number of ketones is 1. The van der Waals surface area contributed by atoms with Crippen LogP contribution in [0.25, 0.3) is 6.08 Å². The summed E-state index contributed by atoms with van der Waals surface area (Å²) < 4.78 is 4.82. The lowest BCUT2D eigenvalue weighted by atomic mass is 10.1. The Morgan fingerprint density at radius 1 is 1.07 bits per heavy atom. The second kappa shape index (κ2) is 9.04. The molecule has 2 aromatic rings. The quantitative estimate of drug-likeness (QED) is 0.264. The number of carbonyl (C=O) groups excluding carboxylic acids is 3. The monoisotopic (exact) mass is 368 g/mol. The van der Waals surface area contributed by atoms with Gasteiger partial charge in [0.15, 0.2) is 12.4 Å². The van der Waals surface area contributed by atoms with Gasteiger partial charge in [-0.3, -0.25) is 19.7 Å². The number of amides is 1. The second-order valence-corrected chi connectivity index (χ2v) is 5.47. The Morgan fingerprint density at radius 3 is 2.26 bits per heavy atom. The molecule has 0 aromatic heterocycles. The normalized spacial score (nSPS) is 10.4. The number of hydrogen-bond donors (Lipinski definition) is 1. The van der Waals surface area contributed by atoms with E-state index in [1.807, 2.05) is 0 Å². The number of non-ortho nitro benzene ring substituents is 1. The number of benzene rings is 2. The van der Waals surface area contributed by atoms with Crippen LogP contribution in [-0.2, 0) is 14.3 Å². The van der Waals surface area contributed by atoms with Crippen LogP contribution in [0.5, 0.6) is 0 Å². The van der Waals surface area contributed by atoms with Gasteiger partial charge in [0.25, 0.3) is 11.6 Å². The first kappa shape index (κ1) is 19.5. The molecule has 0 fully saturated rings. The third-order valence-electron chi connectivity index (χ3n) is 3.44. The average Bonchev–Trinajstić information content (AvgIpc) is 2.65. The minimum Gasteiger partial charge on any atom is -0.452 e. The Balaban J connectivity index is 1.81. The highest BCUT2D eigenvalue weighted by atomic mass is 16.6. The molecular weight excluding hydrogens is 352 g/mol. The van der Waals surface area contributed by atoms with Gasteiger partial charge in [0.1, 0.15) is 0 Å². The largest absolute Gasteiger partial charge is 0.452 e. The van der Waals surface area contributed by atoms with Crippen LogP contribution in [0.1, 0.15) is 22.8 Å². The van der Waals surface area contributed by atoms with Crippen LogP contribution in [0.15, 0.2) is 54.6 Å². The van der Waals surface area contributed by atoms with Crippen molar-refractivity contribution >= 4 is 35.1 Å². The number of hydrogen-bond acceptors (Lipinski definition) is 6. The molecule has 1 N–H and O–H groups in total. The van der Waals surface area contributed by atoms with Crippen molar-refractivity contribution in [3.8, 4) is 0 Å². The van der Waals surface area contributed by atoms with Crippen LogP contribution >= 0.6 is 0 Å². The minimum atomic E-state index is -0.726. The number of carbonyl (C=O) groups is 3. The highest BCUT2D eigenvalue weighted by Gasteiger charge is 2.07. The number of anilines is 1. The van der Waals surface area contributed by atoms with Gasteiger partial charge in [0.05, 0.1) is 4.92 Å². The van der Waals surface area contributed by atoms with E-state index in [1.54, 1.807) is 24.3 Å². The predicted molar refractivity (Wildman–Crippen MR) is 98.2 cm³/mol. The van der Waals surface area contributed by atoms with Gasteiger partial charge in [-0.1, -0.05) is 0 Å². The molecule has 0 radical (unpaired) electrons. The standard InChI is InChI=1S/C19H16N2O6/c1-13(22)15-5-7-16(8-6-15)20-18(23)12-27-19(24)11-4-14-2-9-17(10-3-14)21(25)26/h2-11H,12H2,1H3,(H,20,23)/b11-4+. The molecule has 0 spiro atoms. The predicted octanol–water partition coefficient (Wildman–Crippen LogP) is 2.99. The van der Waals surface area contributed by atoms with Crippen molar-refractivity contribution in [2.75, 3.05) is 11.9 Å². The summed E-state index contributed by atoms with van der Waals surface area (Å²) in [7, 11) is 0. The summed E-state index contributed by atoms with van der Waals surface area (Å²) in [5.74, 6) is -1.33. The topological polar surface area (TPSA) is 116 Å². The van der Waals surface area contributed by atoms with Crippen molar-refractivity contribution in [3.63, 3.8) is 0 Å². The molecular formula is C19H16N2O6. The molecule has 0 bridgehead atoms. The summed E-state index contributed by atoms with van der Waals surface area (Å²) in [6.07, 6.45) is 2.54. The van der Waals surface area contributed by atoms with E-state index in [1.165, 1.54) is 37.3 Å². The van der Waals surface area contributed by atoms with E-state index < -0.39 is 23.4 Å². The summed E-state index contributed by atoms with van der Waals surface area (Å²) in [5, 5.41) is 13.1. The van der Waals surface area contributed by atoms with Crippen LogP contribution in [-0.4, -0.2) is 29.2 Å². The molecule has 0 unspecified atom stereocenters. The number of esters is 1. The lowest BCUT2D eigenvalue weighted by Gasteiger charge is -2.06. The maximum absolute atomic E-state index is 11.8.